The smallest absolute Gasteiger partial charge is 0.252 e. The molecule has 0 bridgehead atoms. The molecule has 3 nitrogen and oxygen atoms in total. The molecular weight excluding hydrogens is 661 g/mol. The second-order valence-electron chi connectivity index (χ2n) is 14.4. The van der Waals surface area contributed by atoms with Crippen molar-refractivity contribution in [2.75, 3.05) is 4.90 Å². The number of hydrogen-bond acceptors (Lipinski definition) is 2. The highest BCUT2D eigenvalue weighted by atomic mass is 32.1. The van der Waals surface area contributed by atoms with Gasteiger partial charge in [0.05, 0.1) is 27.9 Å². The van der Waals surface area contributed by atoms with Gasteiger partial charge < -0.3 is 14.0 Å². The molecule has 8 aromatic carbocycles. The van der Waals surface area contributed by atoms with Crippen LogP contribution >= 0.6 is 11.3 Å². The van der Waals surface area contributed by atoms with Crippen molar-refractivity contribution in [3.05, 3.63) is 170 Å². The third-order valence-corrected chi connectivity index (χ3v) is 13.0. The molecule has 11 aromatic rings. The van der Waals surface area contributed by atoms with E-state index in [0.29, 0.717) is 0 Å². The number of nitrogens with zero attached hydrogens (tertiary/aromatic N) is 3. The molecule has 3 aromatic heterocycles. The van der Waals surface area contributed by atoms with Crippen molar-refractivity contribution in [3.63, 3.8) is 0 Å². The summed E-state index contributed by atoms with van der Waals surface area (Å²) in [4.78, 5) is 2.54. The van der Waals surface area contributed by atoms with Gasteiger partial charge in [-0.15, -0.1) is 11.3 Å². The van der Waals surface area contributed by atoms with Gasteiger partial charge in [-0.1, -0.05) is 115 Å². The van der Waals surface area contributed by atoms with Crippen LogP contribution in [0.25, 0.3) is 75.2 Å². The van der Waals surface area contributed by atoms with Gasteiger partial charge in [0, 0.05) is 64.3 Å². The lowest BCUT2D eigenvalue weighted by atomic mass is 9.33. The van der Waals surface area contributed by atoms with Crippen LogP contribution in [-0.4, -0.2) is 15.8 Å². The number of rotatable bonds is 2. The zero-order chi connectivity index (χ0) is 34.4. The van der Waals surface area contributed by atoms with Crippen LogP contribution in [0.5, 0.6) is 0 Å². The molecule has 244 valence electrons. The predicted molar refractivity (Wildman–Crippen MR) is 227 cm³/mol. The van der Waals surface area contributed by atoms with Crippen LogP contribution in [0.15, 0.2) is 170 Å². The summed E-state index contributed by atoms with van der Waals surface area (Å²) in [5.41, 5.74) is 15.1. The van der Waals surface area contributed by atoms with E-state index in [4.69, 9.17) is 0 Å². The summed E-state index contributed by atoms with van der Waals surface area (Å²) in [6.45, 7) is 0.0550. The lowest BCUT2D eigenvalue weighted by molar-refractivity contribution is 1.13. The molecule has 2 aliphatic heterocycles. The maximum Gasteiger partial charge on any atom is 0.252 e. The summed E-state index contributed by atoms with van der Waals surface area (Å²) in [6, 6.07) is 63.2. The molecule has 0 N–H and O–H groups in total. The molecule has 2 aliphatic rings. The highest BCUT2D eigenvalue weighted by Crippen LogP contribution is 2.48. The van der Waals surface area contributed by atoms with Crippen molar-refractivity contribution in [1.82, 2.24) is 9.13 Å². The Labute approximate surface area is 309 Å². The van der Waals surface area contributed by atoms with Crippen LogP contribution < -0.4 is 21.3 Å². The maximum atomic E-state index is 2.63. The Morgan fingerprint density at radius 1 is 0.396 bits per heavy atom. The lowest BCUT2D eigenvalue weighted by Crippen LogP contribution is -2.60. The summed E-state index contributed by atoms with van der Waals surface area (Å²) in [6.07, 6.45) is 0. The molecule has 0 atom stereocenters. The third kappa shape index (κ3) is 3.46. The van der Waals surface area contributed by atoms with E-state index < -0.39 is 0 Å². The van der Waals surface area contributed by atoms with E-state index in [2.05, 4.69) is 184 Å². The maximum absolute atomic E-state index is 2.63. The first-order valence-corrected chi connectivity index (χ1v) is 19.1. The minimum absolute atomic E-state index is 0.0550. The average Bonchev–Trinajstić information content (AvgIpc) is 3.88. The number of aromatic nitrogens is 2. The number of para-hydroxylation sites is 5. The van der Waals surface area contributed by atoms with Gasteiger partial charge >= 0.3 is 0 Å². The van der Waals surface area contributed by atoms with Gasteiger partial charge in [-0.25, -0.2) is 0 Å². The van der Waals surface area contributed by atoms with Crippen molar-refractivity contribution in [2.24, 2.45) is 0 Å². The highest BCUT2D eigenvalue weighted by Gasteiger charge is 2.43. The fourth-order valence-corrected chi connectivity index (χ4v) is 11.0. The molecule has 0 amide bonds. The molecule has 0 radical (unpaired) electrons. The van der Waals surface area contributed by atoms with Gasteiger partial charge in [0.15, 0.2) is 0 Å². The lowest BCUT2D eigenvalue weighted by Gasteiger charge is -2.41. The summed E-state index contributed by atoms with van der Waals surface area (Å²) in [5.74, 6) is 0. The van der Waals surface area contributed by atoms with Crippen LogP contribution in [0.1, 0.15) is 0 Å². The first kappa shape index (κ1) is 28.1. The van der Waals surface area contributed by atoms with Gasteiger partial charge in [-0.3, -0.25) is 0 Å². The van der Waals surface area contributed by atoms with Crippen molar-refractivity contribution >= 4 is 115 Å². The van der Waals surface area contributed by atoms with Crippen LogP contribution in [0.4, 0.5) is 17.1 Å². The fraction of sp³-hybridized carbons (Fsp3) is 0. The largest absolute Gasteiger partial charge is 0.310 e. The van der Waals surface area contributed by atoms with Crippen molar-refractivity contribution in [3.8, 4) is 11.4 Å². The first-order chi connectivity index (χ1) is 26.3. The molecule has 13 rings (SSSR count). The van der Waals surface area contributed by atoms with Crippen LogP contribution in [-0.2, 0) is 0 Å². The van der Waals surface area contributed by atoms with Gasteiger partial charge in [0.1, 0.15) is 0 Å². The molecule has 0 fully saturated rings. The monoisotopic (exact) mass is 689 g/mol. The van der Waals surface area contributed by atoms with E-state index >= 15 is 0 Å². The number of anilines is 3. The highest BCUT2D eigenvalue weighted by molar-refractivity contribution is 7.26. The van der Waals surface area contributed by atoms with Crippen molar-refractivity contribution in [2.45, 2.75) is 0 Å². The normalized spacial score (nSPS) is 13.2. The molecule has 5 heterocycles. The van der Waals surface area contributed by atoms with E-state index in [1.807, 2.05) is 11.3 Å². The molecule has 53 heavy (non-hydrogen) atoms. The topological polar surface area (TPSA) is 13.1 Å². The summed E-state index contributed by atoms with van der Waals surface area (Å²) in [5, 5.41) is 7.83. The molecule has 0 aliphatic carbocycles. The third-order valence-electron chi connectivity index (χ3n) is 11.9. The first-order valence-electron chi connectivity index (χ1n) is 18.3. The van der Waals surface area contributed by atoms with Gasteiger partial charge in [-0.05, 0) is 71.0 Å². The summed E-state index contributed by atoms with van der Waals surface area (Å²) in [7, 11) is 0. The van der Waals surface area contributed by atoms with E-state index in [-0.39, 0.29) is 6.71 Å². The molecular formula is C48H28BN3S. The van der Waals surface area contributed by atoms with E-state index in [1.54, 1.807) is 0 Å². The van der Waals surface area contributed by atoms with Crippen LogP contribution in [0.2, 0.25) is 0 Å². The summed E-state index contributed by atoms with van der Waals surface area (Å²) >= 11 is 1.89. The second kappa shape index (κ2) is 10.1. The molecule has 0 unspecified atom stereocenters. The molecule has 0 saturated carbocycles. The zero-order valence-electron chi connectivity index (χ0n) is 28.5. The standard InChI is InChI=1S/C48H28BN3S/c1-2-13-29(14-3-1)50-39-23-10-7-19-35(39)49-36-20-12-18-32-33-25-28-43-44(34-17-6-11-24-42(34)53-43)47(33)52(46(32)36)40-26-27-41(48(50)45(40)49)51-37-21-8-4-15-30(37)31-16-5-9-22-38(31)51/h1-28H. The quantitative estimate of drug-likeness (QED) is 0.165. The van der Waals surface area contributed by atoms with Gasteiger partial charge in [0.25, 0.3) is 6.71 Å². The molecule has 0 spiro atoms. The van der Waals surface area contributed by atoms with Crippen molar-refractivity contribution in [1.29, 1.82) is 0 Å². The fourth-order valence-electron chi connectivity index (χ4n) is 9.90. The zero-order valence-corrected chi connectivity index (χ0v) is 29.3. The Hall–Kier alpha value is -6.56. The Morgan fingerprint density at radius 3 is 1.87 bits per heavy atom. The van der Waals surface area contributed by atoms with E-state index in [1.165, 1.54) is 103 Å². The Bertz CT molecular complexity index is 3320. The van der Waals surface area contributed by atoms with E-state index in [0.717, 1.165) is 5.69 Å². The number of fused-ring (bicyclic) bond motifs is 14. The minimum Gasteiger partial charge on any atom is -0.310 e. The Morgan fingerprint density at radius 2 is 1.04 bits per heavy atom. The second-order valence-corrected chi connectivity index (χ2v) is 15.5. The average molecular weight is 690 g/mol. The Kier molecular flexibility index (Phi) is 5.33. The SMILES string of the molecule is c1ccc(N2c3ccccc3B3c4c(ccc(-n5c6ccccc6c6ccccc65)c42)-n2c4c3cccc4c3ccc4sc5ccccc5c4c32)cc1. The van der Waals surface area contributed by atoms with Crippen molar-refractivity contribution < 1.29 is 0 Å². The van der Waals surface area contributed by atoms with E-state index in [9.17, 15) is 0 Å². The number of benzene rings is 8. The van der Waals surface area contributed by atoms with Gasteiger partial charge in [-0.2, -0.15) is 0 Å². The van der Waals surface area contributed by atoms with Crippen LogP contribution in [0.3, 0.4) is 0 Å². The Balaban J connectivity index is 1.27. The summed E-state index contributed by atoms with van der Waals surface area (Å²) < 4.78 is 7.79. The number of hydrogen-bond donors (Lipinski definition) is 0. The predicted octanol–water partition coefficient (Wildman–Crippen LogP) is 10.9. The minimum atomic E-state index is 0.0550. The van der Waals surface area contributed by atoms with Crippen LogP contribution in [0, 0.1) is 0 Å². The molecule has 0 saturated heterocycles. The molecule has 5 heteroatoms. The van der Waals surface area contributed by atoms with Gasteiger partial charge in [0.2, 0.25) is 0 Å². The number of thiophene rings is 1.